The van der Waals surface area contributed by atoms with E-state index < -0.39 is 23.0 Å². The SMILES string of the molecule is CCC(CC)(O[P+](=O)O)S(=O)(=O)c1ccccc1. The Balaban J connectivity index is 3.33. The highest BCUT2D eigenvalue weighted by molar-refractivity contribution is 7.92. The number of rotatable bonds is 6. The third kappa shape index (κ3) is 2.78. The molecule has 0 spiro atoms. The molecular formula is C11H16O5PS+. The monoisotopic (exact) mass is 291 g/mol. The molecule has 1 rings (SSSR count). The predicted octanol–water partition coefficient (Wildman–Crippen LogP) is 2.64. The van der Waals surface area contributed by atoms with E-state index in [1.54, 1.807) is 32.0 Å². The second-order valence-corrected chi connectivity index (χ2v) is 6.64. The molecule has 5 nitrogen and oxygen atoms in total. The standard InChI is InChI=1S/C11H15O5PS/c1-3-11(4-2,16-17(12)13)18(14,15)10-8-6-5-7-9-10/h5-9H,3-4H2,1-2H3/p+1. The van der Waals surface area contributed by atoms with Crippen LogP contribution < -0.4 is 0 Å². The highest BCUT2D eigenvalue weighted by atomic mass is 32.2. The minimum atomic E-state index is -3.82. The first-order valence-corrected chi connectivity index (χ1v) is 8.16. The third-order valence-electron chi connectivity index (χ3n) is 2.87. The van der Waals surface area contributed by atoms with Crippen LogP contribution >= 0.6 is 8.25 Å². The maximum Gasteiger partial charge on any atom is 0.696 e. The Bertz CT molecular complexity index is 507. The number of sulfone groups is 1. The van der Waals surface area contributed by atoms with Crippen molar-refractivity contribution in [2.45, 2.75) is 36.5 Å². The summed E-state index contributed by atoms with van der Waals surface area (Å²) in [4.78, 5) is 7.32. The van der Waals surface area contributed by atoms with E-state index >= 15 is 0 Å². The lowest BCUT2D eigenvalue weighted by molar-refractivity contribution is 0.135. The summed E-state index contributed by atoms with van der Waals surface area (Å²) in [5.74, 6) is 0. The first kappa shape index (κ1) is 15.2. The molecule has 1 N–H and O–H groups in total. The van der Waals surface area contributed by atoms with Gasteiger partial charge in [-0.15, -0.1) is 4.89 Å². The van der Waals surface area contributed by atoms with Crippen molar-refractivity contribution in [2.24, 2.45) is 0 Å². The molecule has 1 aromatic rings. The van der Waals surface area contributed by atoms with Crippen LogP contribution in [-0.2, 0) is 18.9 Å². The Morgan fingerprint density at radius 3 is 2.11 bits per heavy atom. The molecule has 1 atom stereocenters. The van der Waals surface area contributed by atoms with Crippen LogP contribution in [0.4, 0.5) is 0 Å². The van der Waals surface area contributed by atoms with Crippen LogP contribution in [0.1, 0.15) is 26.7 Å². The molecule has 7 heteroatoms. The van der Waals surface area contributed by atoms with Gasteiger partial charge in [-0.25, -0.2) is 8.42 Å². The van der Waals surface area contributed by atoms with E-state index in [0.717, 1.165) is 0 Å². The second-order valence-electron chi connectivity index (χ2n) is 3.76. The smallest absolute Gasteiger partial charge is 0.220 e. The molecule has 0 aliphatic carbocycles. The number of hydrogen-bond donors (Lipinski definition) is 1. The Hall–Kier alpha value is -0.810. The van der Waals surface area contributed by atoms with Crippen molar-refractivity contribution in [3.8, 4) is 0 Å². The van der Waals surface area contributed by atoms with Gasteiger partial charge in [0.2, 0.25) is 14.8 Å². The lowest BCUT2D eigenvalue weighted by Gasteiger charge is -2.24. The van der Waals surface area contributed by atoms with Crippen molar-refractivity contribution < 1.29 is 22.4 Å². The molecule has 0 saturated heterocycles. The predicted molar refractivity (Wildman–Crippen MR) is 67.9 cm³/mol. The summed E-state index contributed by atoms with van der Waals surface area (Å²) in [5, 5.41) is 0. The average molecular weight is 291 g/mol. The Kier molecular flexibility index (Phi) is 4.99. The Labute approximate surface area is 108 Å². The first-order valence-electron chi connectivity index (χ1n) is 5.54. The first-order chi connectivity index (χ1) is 8.39. The molecule has 0 bridgehead atoms. The van der Waals surface area contributed by atoms with E-state index in [4.69, 9.17) is 9.42 Å². The molecule has 0 aromatic heterocycles. The summed E-state index contributed by atoms with van der Waals surface area (Å²) in [6.07, 6.45) is 0.199. The lowest BCUT2D eigenvalue weighted by Crippen LogP contribution is -2.38. The summed E-state index contributed by atoms with van der Waals surface area (Å²) >= 11 is 0. The molecule has 18 heavy (non-hydrogen) atoms. The molecule has 0 aliphatic heterocycles. The van der Waals surface area contributed by atoms with Crippen molar-refractivity contribution in [2.75, 3.05) is 0 Å². The molecule has 0 radical (unpaired) electrons. The van der Waals surface area contributed by atoms with Crippen molar-refractivity contribution in [1.82, 2.24) is 0 Å². The maximum absolute atomic E-state index is 12.5. The topological polar surface area (TPSA) is 80.7 Å². The summed E-state index contributed by atoms with van der Waals surface area (Å²) < 4.78 is 40.7. The highest BCUT2D eigenvalue weighted by Crippen LogP contribution is 2.39. The van der Waals surface area contributed by atoms with E-state index in [1.165, 1.54) is 12.1 Å². The Morgan fingerprint density at radius 1 is 1.22 bits per heavy atom. The van der Waals surface area contributed by atoms with Crippen molar-refractivity contribution in [3.05, 3.63) is 30.3 Å². The molecule has 1 aromatic carbocycles. The minimum Gasteiger partial charge on any atom is -0.220 e. The maximum atomic E-state index is 12.5. The molecule has 0 aliphatic rings. The van der Waals surface area contributed by atoms with Crippen LogP contribution in [0.2, 0.25) is 0 Å². The van der Waals surface area contributed by atoms with Gasteiger partial charge in [-0.05, 0) is 25.0 Å². The van der Waals surface area contributed by atoms with Gasteiger partial charge in [0.25, 0.3) is 0 Å². The second kappa shape index (κ2) is 5.89. The van der Waals surface area contributed by atoms with E-state index in [1.807, 2.05) is 0 Å². The van der Waals surface area contributed by atoms with Gasteiger partial charge in [0.05, 0.1) is 4.90 Å². The lowest BCUT2D eigenvalue weighted by atomic mass is 10.2. The molecular weight excluding hydrogens is 275 g/mol. The van der Waals surface area contributed by atoms with Gasteiger partial charge in [0.15, 0.2) is 0 Å². The summed E-state index contributed by atoms with van der Waals surface area (Å²) in [6.45, 7) is 3.23. The summed E-state index contributed by atoms with van der Waals surface area (Å²) in [6, 6.07) is 7.79. The van der Waals surface area contributed by atoms with Gasteiger partial charge in [0.1, 0.15) is 0 Å². The zero-order chi connectivity index (χ0) is 13.8. The van der Waals surface area contributed by atoms with Gasteiger partial charge in [-0.2, -0.15) is 0 Å². The average Bonchev–Trinajstić information content (AvgIpc) is 2.36. The van der Waals surface area contributed by atoms with E-state index in [-0.39, 0.29) is 17.7 Å². The van der Waals surface area contributed by atoms with Gasteiger partial charge in [-0.1, -0.05) is 36.6 Å². The third-order valence-corrected chi connectivity index (χ3v) is 6.03. The van der Waals surface area contributed by atoms with Gasteiger partial charge in [-0.3, -0.25) is 0 Å². The van der Waals surface area contributed by atoms with E-state index in [9.17, 15) is 13.0 Å². The number of benzene rings is 1. The molecule has 0 fully saturated rings. The molecule has 0 amide bonds. The zero-order valence-corrected chi connectivity index (χ0v) is 11.9. The summed E-state index contributed by atoms with van der Waals surface area (Å²) in [7, 11) is -6.81. The molecule has 0 saturated carbocycles. The van der Waals surface area contributed by atoms with E-state index in [2.05, 4.69) is 0 Å². The minimum absolute atomic E-state index is 0.0885. The summed E-state index contributed by atoms with van der Waals surface area (Å²) in [5.41, 5.74) is 0. The largest absolute Gasteiger partial charge is 0.696 e. The highest BCUT2D eigenvalue weighted by Gasteiger charge is 2.50. The van der Waals surface area contributed by atoms with Crippen LogP contribution in [-0.4, -0.2) is 18.2 Å². The van der Waals surface area contributed by atoms with Gasteiger partial charge in [0, 0.05) is 4.57 Å². The van der Waals surface area contributed by atoms with E-state index in [0.29, 0.717) is 0 Å². The van der Waals surface area contributed by atoms with Crippen molar-refractivity contribution in [1.29, 1.82) is 0 Å². The van der Waals surface area contributed by atoms with Crippen molar-refractivity contribution >= 4 is 18.1 Å². The number of hydrogen-bond acceptors (Lipinski definition) is 4. The van der Waals surface area contributed by atoms with Gasteiger partial charge >= 0.3 is 8.25 Å². The van der Waals surface area contributed by atoms with Crippen molar-refractivity contribution in [3.63, 3.8) is 0 Å². The Morgan fingerprint density at radius 2 is 1.72 bits per heavy atom. The van der Waals surface area contributed by atoms with Crippen LogP contribution in [0, 0.1) is 0 Å². The van der Waals surface area contributed by atoms with Crippen LogP contribution in [0.25, 0.3) is 0 Å². The quantitative estimate of drug-likeness (QED) is 0.815. The normalized spacial score (nSPS) is 13.4. The fourth-order valence-corrected chi connectivity index (χ4v) is 4.60. The van der Waals surface area contributed by atoms with Gasteiger partial charge < -0.3 is 0 Å². The zero-order valence-electron chi connectivity index (χ0n) is 10.2. The van der Waals surface area contributed by atoms with Crippen LogP contribution in [0.15, 0.2) is 35.2 Å². The van der Waals surface area contributed by atoms with Crippen LogP contribution in [0.5, 0.6) is 0 Å². The fraction of sp³-hybridized carbons (Fsp3) is 0.455. The molecule has 100 valence electrons. The molecule has 0 heterocycles. The fourth-order valence-electron chi connectivity index (χ4n) is 1.76. The molecule has 1 unspecified atom stereocenters. The van der Waals surface area contributed by atoms with Crippen LogP contribution in [0.3, 0.4) is 0 Å².